The molecular formula is C26H34CuN6OS2. The van der Waals surface area contributed by atoms with Gasteiger partial charge in [-0.3, -0.25) is 0 Å². The molecule has 0 atom stereocenters. The zero-order chi connectivity index (χ0) is 25.6. The van der Waals surface area contributed by atoms with Crippen LogP contribution < -0.4 is 4.74 Å². The Morgan fingerprint density at radius 1 is 0.639 bits per heavy atom. The van der Waals surface area contributed by atoms with Gasteiger partial charge in [-0.15, -0.1) is 10.2 Å². The van der Waals surface area contributed by atoms with Crippen LogP contribution in [0.25, 0.3) is 0 Å². The van der Waals surface area contributed by atoms with Crippen molar-refractivity contribution < 1.29 is 21.8 Å². The molecule has 1 radical (unpaired) electrons. The molecule has 0 aliphatic heterocycles. The SMILES string of the molecule is CCOc1ccc(C(=N\N=C(/[S-])N(CC)CC)/C(=N/N=C(\[S-])N(CC)CC)c2ccccc2)cc1.[Cu+2]. The van der Waals surface area contributed by atoms with E-state index in [0.29, 0.717) is 28.4 Å². The van der Waals surface area contributed by atoms with Crippen molar-refractivity contribution in [2.24, 2.45) is 20.4 Å². The summed E-state index contributed by atoms with van der Waals surface area (Å²) in [6.45, 7) is 13.7. The second-order valence-corrected chi connectivity index (χ2v) is 8.06. The molecule has 10 heteroatoms. The zero-order valence-corrected chi connectivity index (χ0v) is 24.0. The zero-order valence-electron chi connectivity index (χ0n) is 21.4. The Morgan fingerprint density at radius 2 is 1.06 bits per heavy atom. The van der Waals surface area contributed by atoms with E-state index in [9.17, 15) is 0 Å². The molecule has 2 aromatic rings. The van der Waals surface area contributed by atoms with Crippen LogP contribution in [0.4, 0.5) is 0 Å². The number of nitrogens with zero attached hydrogens (tertiary/aromatic N) is 6. The molecule has 197 valence electrons. The van der Waals surface area contributed by atoms with Gasteiger partial charge in [0, 0.05) is 47.6 Å². The van der Waals surface area contributed by atoms with Crippen molar-refractivity contribution in [1.82, 2.24) is 9.80 Å². The van der Waals surface area contributed by atoms with Gasteiger partial charge < -0.3 is 39.8 Å². The molecule has 0 bridgehead atoms. The molecule has 0 amide bonds. The van der Waals surface area contributed by atoms with E-state index in [2.05, 4.69) is 20.4 Å². The van der Waals surface area contributed by atoms with Gasteiger partial charge >= 0.3 is 17.1 Å². The first-order chi connectivity index (χ1) is 17.0. The summed E-state index contributed by atoms with van der Waals surface area (Å²) in [5.41, 5.74) is 2.75. The van der Waals surface area contributed by atoms with Crippen molar-refractivity contribution >= 4 is 47.0 Å². The minimum absolute atomic E-state index is 0. The predicted octanol–water partition coefficient (Wildman–Crippen LogP) is 4.68. The summed E-state index contributed by atoms with van der Waals surface area (Å²) in [7, 11) is 0. The third-order valence-corrected chi connectivity index (χ3v) is 5.93. The fourth-order valence-corrected chi connectivity index (χ4v) is 3.85. The van der Waals surface area contributed by atoms with E-state index >= 15 is 0 Å². The average Bonchev–Trinajstić information content (AvgIpc) is 2.88. The van der Waals surface area contributed by atoms with Crippen LogP contribution in [-0.2, 0) is 42.3 Å². The number of amidine groups is 2. The van der Waals surface area contributed by atoms with Gasteiger partial charge in [0.25, 0.3) is 0 Å². The molecule has 2 rings (SSSR count). The van der Waals surface area contributed by atoms with Crippen LogP contribution in [0.5, 0.6) is 5.75 Å². The second kappa shape index (κ2) is 17.0. The number of benzene rings is 2. The summed E-state index contributed by atoms with van der Waals surface area (Å²) in [4.78, 5) is 3.93. The molecule has 36 heavy (non-hydrogen) atoms. The summed E-state index contributed by atoms with van der Waals surface area (Å²) >= 11 is 11.0. The van der Waals surface area contributed by atoms with Crippen LogP contribution in [0.3, 0.4) is 0 Å². The molecule has 0 fully saturated rings. The normalized spacial score (nSPS) is 12.7. The smallest absolute Gasteiger partial charge is 0.741 e. The third-order valence-electron chi connectivity index (χ3n) is 5.25. The topological polar surface area (TPSA) is 65.2 Å². The Labute approximate surface area is 237 Å². The largest absolute Gasteiger partial charge is 2.00 e. The van der Waals surface area contributed by atoms with Crippen LogP contribution >= 0.6 is 0 Å². The second-order valence-electron chi connectivity index (χ2n) is 7.33. The number of ether oxygens (including phenoxy) is 1. The molecular weight excluding hydrogens is 540 g/mol. The summed E-state index contributed by atoms with van der Waals surface area (Å²) in [6.07, 6.45) is 0. The van der Waals surface area contributed by atoms with Gasteiger partial charge in [0.1, 0.15) is 17.2 Å². The van der Waals surface area contributed by atoms with Crippen molar-refractivity contribution in [2.45, 2.75) is 34.6 Å². The van der Waals surface area contributed by atoms with E-state index in [1.165, 1.54) is 0 Å². The summed E-state index contributed by atoms with van der Waals surface area (Å²) < 4.78 is 5.61. The Morgan fingerprint density at radius 3 is 1.44 bits per heavy atom. The Balaban J connectivity index is 0.00000648. The van der Waals surface area contributed by atoms with Crippen LogP contribution in [-0.4, -0.2) is 64.3 Å². The van der Waals surface area contributed by atoms with E-state index in [1.54, 1.807) is 0 Å². The molecule has 0 saturated heterocycles. The van der Waals surface area contributed by atoms with E-state index < -0.39 is 0 Å². The Hall–Kier alpha value is -2.52. The Kier molecular flexibility index (Phi) is 14.9. The van der Waals surface area contributed by atoms with Crippen molar-refractivity contribution in [3.8, 4) is 5.75 Å². The quantitative estimate of drug-likeness (QED) is 0.128. The van der Waals surface area contributed by atoms with E-state index in [4.69, 9.17) is 30.0 Å². The molecule has 0 unspecified atom stereocenters. The van der Waals surface area contributed by atoms with E-state index in [1.807, 2.05) is 99.0 Å². The fraction of sp³-hybridized carbons (Fsp3) is 0.385. The van der Waals surface area contributed by atoms with Gasteiger partial charge in [-0.2, -0.15) is 10.2 Å². The van der Waals surface area contributed by atoms with Crippen LogP contribution in [0.15, 0.2) is 75.0 Å². The number of hydrogen-bond donors (Lipinski definition) is 0. The van der Waals surface area contributed by atoms with Gasteiger partial charge in [-0.05, 0) is 58.9 Å². The van der Waals surface area contributed by atoms with Gasteiger partial charge in [-0.25, -0.2) is 0 Å². The van der Waals surface area contributed by atoms with Crippen molar-refractivity contribution in [2.75, 3.05) is 32.8 Å². The molecule has 7 nitrogen and oxygen atoms in total. The van der Waals surface area contributed by atoms with Crippen LogP contribution in [0, 0.1) is 0 Å². The first kappa shape index (κ1) is 31.5. The molecule has 0 aromatic heterocycles. The molecule has 0 saturated carbocycles. The summed E-state index contributed by atoms with van der Waals surface area (Å²) in [5, 5.41) is 18.8. The summed E-state index contributed by atoms with van der Waals surface area (Å²) in [6, 6.07) is 17.4. The molecule has 0 heterocycles. The summed E-state index contributed by atoms with van der Waals surface area (Å²) in [5.74, 6) is 0.775. The fourth-order valence-electron chi connectivity index (χ4n) is 3.26. The van der Waals surface area contributed by atoms with Crippen molar-refractivity contribution in [1.29, 1.82) is 0 Å². The first-order valence-corrected chi connectivity index (χ1v) is 12.7. The standard InChI is InChI=1S/C26H36N6OS2.Cu/c1-6-31(7-2)25(34)29-27-23(20-14-12-11-13-15-20)24(28-30-26(35)32(8-3)9-4)21-16-18-22(19-17-21)33-10-5;/h11-19H,6-10H2,1-5H3,(H,29,34)(H,30,35);/q;+2/p-2/b27-23+,28-24+;. The maximum absolute atomic E-state index is 5.61. The maximum Gasteiger partial charge on any atom is 2.00 e. The number of rotatable bonds is 11. The minimum Gasteiger partial charge on any atom is -0.741 e. The van der Waals surface area contributed by atoms with E-state index in [0.717, 1.165) is 43.1 Å². The van der Waals surface area contributed by atoms with Gasteiger partial charge in [-0.1, -0.05) is 30.3 Å². The van der Waals surface area contributed by atoms with Crippen molar-refractivity contribution in [3.63, 3.8) is 0 Å². The molecule has 0 spiro atoms. The predicted molar refractivity (Wildman–Crippen MR) is 153 cm³/mol. The molecule has 0 aliphatic carbocycles. The molecule has 0 N–H and O–H groups in total. The Bertz CT molecular complexity index is 1030. The van der Waals surface area contributed by atoms with Crippen LogP contribution in [0.2, 0.25) is 0 Å². The molecule has 0 aliphatic rings. The third kappa shape index (κ3) is 9.17. The molecule has 2 aromatic carbocycles. The van der Waals surface area contributed by atoms with Crippen molar-refractivity contribution in [3.05, 3.63) is 65.7 Å². The minimum atomic E-state index is 0. The number of hydrogen-bond acceptors (Lipinski definition) is 7. The van der Waals surface area contributed by atoms with Gasteiger partial charge in [0.05, 0.1) is 6.61 Å². The van der Waals surface area contributed by atoms with Gasteiger partial charge in [0.15, 0.2) is 0 Å². The maximum atomic E-state index is 5.61. The monoisotopic (exact) mass is 573 g/mol. The van der Waals surface area contributed by atoms with Gasteiger partial charge in [0.2, 0.25) is 0 Å². The average molecular weight is 574 g/mol. The van der Waals surface area contributed by atoms with Crippen LogP contribution in [0.1, 0.15) is 45.7 Å². The van der Waals surface area contributed by atoms with E-state index in [-0.39, 0.29) is 17.1 Å². The first-order valence-electron chi connectivity index (χ1n) is 11.9.